The van der Waals surface area contributed by atoms with E-state index in [1.165, 1.54) is 80.7 Å². The van der Waals surface area contributed by atoms with Gasteiger partial charge in [0.05, 0.1) is 39.0 Å². The number of hydrogen-bond donors (Lipinski definition) is 0. The molecule has 0 N–H and O–H groups in total. The molecule has 9 aromatic carbocycles. The average Bonchev–Trinajstić information content (AvgIpc) is 3.92. The maximum Gasteiger partial charge on any atom is 0.235 e. The molecule has 13 aromatic rings. The van der Waals surface area contributed by atoms with E-state index in [9.17, 15) is 0 Å². The number of hydrogen-bond acceptors (Lipinski definition) is 3. The SMILES string of the molecule is c1ccc2c(c1)-c1ccccc1-n1c3cc4c5ccccc5n(-c5nc(-c6ccc7sc8ccccc8c7c6)c6ccc7ccccc7c6n5)c4cc3c3cccc-2c31. The largest absolute Gasteiger partial charge is 0.308 e. The lowest BCUT2D eigenvalue weighted by Gasteiger charge is -2.14. The lowest BCUT2D eigenvalue weighted by atomic mass is 9.94. The first-order valence-electron chi connectivity index (χ1n) is 20.1. The second kappa shape index (κ2) is 11.5. The Kier molecular flexibility index (Phi) is 6.14. The van der Waals surface area contributed by atoms with Crippen LogP contribution < -0.4 is 0 Å². The first-order chi connectivity index (χ1) is 29.3. The highest BCUT2D eigenvalue weighted by Gasteiger charge is 2.26. The molecular formula is C54H30N4S. The Morgan fingerprint density at radius 2 is 1.03 bits per heavy atom. The highest BCUT2D eigenvalue weighted by molar-refractivity contribution is 7.25. The van der Waals surface area contributed by atoms with E-state index in [0.29, 0.717) is 5.95 Å². The minimum atomic E-state index is 0.662. The number of benzene rings is 9. The van der Waals surface area contributed by atoms with Crippen LogP contribution in [0.3, 0.4) is 0 Å². The van der Waals surface area contributed by atoms with Crippen molar-refractivity contribution in [2.75, 3.05) is 0 Å². The van der Waals surface area contributed by atoms with Crippen LogP contribution in [0.25, 0.3) is 131 Å². The van der Waals surface area contributed by atoms with Gasteiger partial charge in [-0.15, -0.1) is 11.3 Å². The van der Waals surface area contributed by atoms with Crippen LogP contribution in [0.5, 0.6) is 0 Å². The third kappa shape index (κ3) is 4.21. The first kappa shape index (κ1) is 31.5. The highest BCUT2D eigenvalue weighted by atomic mass is 32.1. The monoisotopic (exact) mass is 766 g/mol. The first-order valence-corrected chi connectivity index (χ1v) is 20.9. The molecule has 272 valence electrons. The predicted octanol–water partition coefficient (Wildman–Crippen LogP) is 14.7. The summed E-state index contributed by atoms with van der Waals surface area (Å²) in [6.45, 7) is 0. The van der Waals surface area contributed by atoms with Gasteiger partial charge < -0.3 is 4.57 Å². The molecular weight excluding hydrogens is 737 g/mol. The van der Waals surface area contributed by atoms with Crippen molar-refractivity contribution in [1.82, 2.24) is 19.1 Å². The van der Waals surface area contributed by atoms with Crippen LogP contribution in [0.2, 0.25) is 0 Å². The van der Waals surface area contributed by atoms with E-state index >= 15 is 0 Å². The molecule has 1 aliphatic heterocycles. The quantitative estimate of drug-likeness (QED) is 0.164. The van der Waals surface area contributed by atoms with Gasteiger partial charge >= 0.3 is 0 Å². The number of thiophene rings is 1. The van der Waals surface area contributed by atoms with Crippen LogP contribution in [-0.4, -0.2) is 19.1 Å². The summed E-state index contributed by atoms with van der Waals surface area (Å²) < 4.78 is 7.37. The molecule has 1 aliphatic rings. The van der Waals surface area contributed by atoms with Crippen LogP contribution in [0.15, 0.2) is 182 Å². The summed E-state index contributed by atoms with van der Waals surface area (Å²) in [6, 6.07) is 66.5. The van der Waals surface area contributed by atoms with Crippen LogP contribution in [0.1, 0.15) is 0 Å². The van der Waals surface area contributed by atoms with Crippen LogP contribution in [-0.2, 0) is 0 Å². The lowest BCUT2D eigenvalue weighted by molar-refractivity contribution is 1.02. The Labute approximate surface area is 341 Å². The second-order valence-corrected chi connectivity index (χ2v) is 16.8. The summed E-state index contributed by atoms with van der Waals surface area (Å²) in [5.41, 5.74) is 13.7. The molecule has 0 unspecified atom stereocenters. The van der Waals surface area contributed by atoms with E-state index in [4.69, 9.17) is 9.97 Å². The smallest absolute Gasteiger partial charge is 0.235 e. The summed E-state index contributed by atoms with van der Waals surface area (Å²) in [5, 5.41) is 10.6. The molecule has 0 spiro atoms. The van der Waals surface area contributed by atoms with Gasteiger partial charge in [0.15, 0.2) is 0 Å². The Bertz CT molecular complexity index is 3980. The van der Waals surface area contributed by atoms with Crippen LogP contribution in [0, 0.1) is 0 Å². The fourth-order valence-electron chi connectivity index (χ4n) is 10.1. The maximum absolute atomic E-state index is 5.60. The fourth-order valence-corrected chi connectivity index (χ4v) is 11.2. The van der Waals surface area contributed by atoms with Gasteiger partial charge in [-0.1, -0.05) is 133 Å². The summed E-state index contributed by atoms with van der Waals surface area (Å²) in [5.74, 6) is 0.662. The van der Waals surface area contributed by atoms with Crippen molar-refractivity contribution in [2.24, 2.45) is 0 Å². The summed E-state index contributed by atoms with van der Waals surface area (Å²) in [7, 11) is 0. The molecule has 0 fully saturated rings. The molecule has 0 saturated carbocycles. The van der Waals surface area contributed by atoms with Crippen LogP contribution in [0.4, 0.5) is 0 Å². The number of fused-ring (bicyclic) bond motifs is 17. The molecule has 4 nitrogen and oxygen atoms in total. The van der Waals surface area contributed by atoms with E-state index in [1.807, 2.05) is 11.3 Å². The van der Waals surface area contributed by atoms with E-state index < -0.39 is 0 Å². The normalized spacial score (nSPS) is 12.4. The molecule has 0 aliphatic carbocycles. The third-order valence-corrected chi connectivity index (χ3v) is 13.8. The molecule has 0 saturated heterocycles. The van der Waals surface area contributed by atoms with Crippen molar-refractivity contribution in [2.45, 2.75) is 0 Å². The Morgan fingerprint density at radius 3 is 1.93 bits per heavy atom. The summed E-state index contributed by atoms with van der Waals surface area (Å²) in [4.78, 5) is 11.1. The number of aromatic nitrogens is 4. The molecule has 14 rings (SSSR count). The lowest BCUT2D eigenvalue weighted by Crippen LogP contribution is -2.04. The standard InChI is InChI=1S/C54H30N4S/c1-2-13-33-31(12-1)24-26-41-51(32-25-27-50-44(28-32)38-18-7-10-23-49(38)59-50)55-54(56-52(33)41)58-46-22-9-6-17-37(46)42-29-47-43(30-48(42)58)40-20-11-19-39-35-15-4-3-14-34(35)36-16-5-8-21-45(36)57(47)53(39)40/h1-30H. The Morgan fingerprint density at radius 1 is 0.373 bits per heavy atom. The van der Waals surface area contributed by atoms with E-state index in [0.717, 1.165) is 44.0 Å². The average molecular weight is 767 g/mol. The van der Waals surface area contributed by atoms with Crippen molar-refractivity contribution >= 4 is 96.8 Å². The maximum atomic E-state index is 5.60. The zero-order valence-corrected chi connectivity index (χ0v) is 32.3. The van der Waals surface area contributed by atoms with Crippen molar-refractivity contribution in [3.05, 3.63) is 182 Å². The Balaban J connectivity index is 1.11. The summed E-state index contributed by atoms with van der Waals surface area (Å²) in [6.07, 6.45) is 0. The van der Waals surface area contributed by atoms with Crippen LogP contribution >= 0.6 is 11.3 Å². The number of nitrogens with zero attached hydrogens (tertiary/aromatic N) is 4. The molecule has 4 aromatic heterocycles. The molecule has 0 bridgehead atoms. The molecule has 5 heterocycles. The molecule has 0 radical (unpaired) electrons. The Hall–Kier alpha value is -7.60. The van der Waals surface area contributed by atoms with Gasteiger partial charge in [0.25, 0.3) is 0 Å². The van der Waals surface area contributed by atoms with Crippen molar-refractivity contribution in [3.8, 4) is 45.1 Å². The highest BCUT2D eigenvalue weighted by Crippen LogP contribution is 2.48. The zero-order valence-electron chi connectivity index (χ0n) is 31.5. The fraction of sp³-hybridized carbons (Fsp3) is 0. The van der Waals surface area contributed by atoms with Crippen molar-refractivity contribution in [3.63, 3.8) is 0 Å². The molecule has 0 amide bonds. The predicted molar refractivity (Wildman–Crippen MR) is 248 cm³/mol. The van der Waals surface area contributed by atoms with Gasteiger partial charge in [-0.2, -0.15) is 0 Å². The minimum Gasteiger partial charge on any atom is -0.308 e. The van der Waals surface area contributed by atoms with Gasteiger partial charge in [0, 0.05) is 69.2 Å². The van der Waals surface area contributed by atoms with Gasteiger partial charge in [-0.25, -0.2) is 9.97 Å². The van der Waals surface area contributed by atoms with E-state index in [1.54, 1.807) is 0 Å². The second-order valence-electron chi connectivity index (χ2n) is 15.7. The minimum absolute atomic E-state index is 0.662. The van der Waals surface area contributed by atoms with Gasteiger partial charge in [0.1, 0.15) is 0 Å². The molecule has 5 heteroatoms. The van der Waals surface area contributed by atoms with Gasteiger partial charge in [-0.3, -0.25) is 4.57 Å². The number of rotatable bonds is 2. The van der Waals surface area contributed by atoms with Gasteiger partial charge in [0.2, 0.25) is 5.95 Å². The molecule has 0 atom stereocenters. The van der Waals surface area contributed by atoms with Gasteiger partial charge in [-0.05, 0) is 65.0 Å². The zero-order chi connectivity index (χ0) is 38.3. The third-order valence-electron chi connectivity index (χ3n) is 12.7. The topological polar surface area (TPSA) is 35.6 Å². The van der Waals surface area contributed by atoms with E-state index in [2.05, 4.69) is 191 Å². The number of para-hydroxylation sites is 3. The summed E-state index contributed by atoms with van der Waals surface area (Å²) >= 11 is 1.84. The van der Waals surface area contributed by atoms with Crippen molar-refractivity contribution in [1.29, 1.82) is 0 Å². The molecule has 59 heavy (non-hydrogen) atoms. The van der Waals surface area contributed by atoms with E-state index in [-0.39, 0.29) is 0 Å². The van der Waals surface area contributed by atoms with Crippen molar-refractivity contribution < 1.29 is 0 Å².